The highest BCUT2D eigenvalue weighted by Crippen LogP contribution is 2.21. The Balaban J connectivity index is 1.35. The summed E-state index contributed by atoms with van der Waals surface area (Å²) in [6, 6.07) is 15.1. The first-order valence-electron chi connectivity index (χ1n) is 9.64. The van der Waals surface area contributed by atoms with E-state index in [-0.39, 0.29) is 11.8 Å². The largest absolute Gasteiger partial charge is 0.464 e. The lowest BCUT2D eigenvalue weighted by Gasteiger charge is -2.34. The Morgan fingerprint density at radius 1 is 1.03 bits per heavy atom. The molecule has 0 unspecified atom stereocenters. The van der Waals surface area contributed by atoms with E-state index in [1.165, 1.54) is 11.6 Å². The second-order valence-corrected chi connectivity index (χ2v) is 7.09. The predicted molar refractivity (Wildman–Crippen MR) is 113 cm³/mol. The molecule has 0 aliphatic carbocycles. The van der Waals surface area contributed by atoms with Gasteiger partial charge in [0.05, 0.1) is 11.8 Å². The van der Waals surface area contributed by atoms with Gasteiger partial charge in [-0.3, -0.25) is 14.5 Å². The van der Waals surface area contributed by atoms with Gasteiger partial charge in [-0.2, -0.15) is 0 Å². The summed E-state index contributed by atoms with van der Waals surface area (Å²) in [6.45, 7) is 7.48. The normalized spacial score (nSPS) is 14.7. The summed E-state index contributed by atoms with van der Waals surface area (Å²) in [7, 11) is 0. The number of amides is 2. The number of carbonyl (C=O) groups excluding carboxylic acids is 2. The van der Waals surface area contributed by atoms with Crippen LogP contribution in [0.1, 0.15) is 15.9 Å². The molecule has 0 radical (unpaired) electrons. The molecule has 0 spiro atoms. The molecule has 1 saturated heterocycles. The number of hydrogen-bond acceptors (Lipinski definition) is 4. The lowest BCUT2D eigenvalue weighted by atomic mass is 10.1. The van der Waals surface area contributed by atoms with Crippen molar-refractivity contribution >= 4 is 28.5 Å². The van der Waals surface area contributed by atoms with Gasteiger partial charge < -0.3 is 14.6 Å². The van der Waals surface area contributed by atoms with Gasteiger partial charge in [-0.15, -0.1) is 0 Å². The fourth-order valence-corrected chi connectivity index (χ4v) is 3.60. The van der Waals surface area contributed by atoms with E-state index in [2.05, 4.69) is 16.8 Å². The van der Waals surface area contributed by atoms with Crippen molar-refractivity contribution in [3.8, 4) is 0 Å². The Kier molecular flexibility index (Phi) is 5.44. The van der Waals surface area contributed by atoms with E-state index in [4.69, 9.17) is 4.42 Å². The lowest BCUT2D eigenvalue weighted by molar-refractivity contribution is -0.127. The van der Waals surface area contributed by atoms with Gasteiger partial charge in [-0.25, -0.2) is 0 Å². The second-order valence-electron chi connectivity index (χ2n) is 7.09. The number of rotatable bonds is 5. The fourth-order valence-electron chi connectivity index (χ4n) is 3.60. The van der Waals surface area contributed by atoms with E-state index < -0.39 is 0 Å². The van der Waals surface area contributed by atoms with E-state index >= 15 is 0 Å². The van der Waals surface area contributed by atoms with E-state index in [1.54, 1.807) is 18.4 Å². The van der Waals surface area contributed by atoms with Gasteiger partial charge >= 0.3 is 0 Å². The SMILES string of the molecule is C=CC(=O)N1CCN(Cc2ccc(NC(=O)c3cccc4occc34)cc2)CC1. The Morgan fingerprint density at radius 3 is 2.52 bits per heavy atom. The molecule has 2 heterocycles. The number of anilines is 1. The molecule has 1 aliphatic heterocycles. The zero-order chi connectivity index (χ0) is 20.2. The highest BCUT2D eigenvalue weighted by atomic mass is 16.3. The van der Waals surface area contributed by atoms with Crippen LogP contribution in [-0.4, -0.2) is 47.8 Å². The third-order valence-corrected chi connectivity index (χ3v) is 5.22. The van der Waals surface area contributed by atoms with Gasteiger partial charge in [-0.1, -0.05) is 24.8 Å². The molecule has 148 valence electrons. The number of piperazine rings is 1. The first-order chi connectivity index (χ1) is 14.1. The van der Waals surface area contributed by atoms with Crippen LogP contribution in [0.5, 0.6) is 0 Å². The van der Waals surface area contributed by atoms with Crippen LogP contribution in [0.3, 0.4) is 0 Å². The minimum Gasteiger partial charge on any atom is -0.464 e. The number of benzene rings is 2. The molecule has 1 fully saturated rings. The van der Waals surface area contributed by atoms with Crippen molar-refractivity contribution in [3.63, 3.8) is 0 Å². The topological polar surface area (TPSA) is 65.8 Å². The zero-order valence-electron chi connectivity index (χ0n) is 16.1. The monoisotopic (exact) mass is 389 g/mol. The van der Waals surface area contributed by atoms with Crippen LogP contribution in [-0.2, 0) is 11.3 Å². The molecule has 1 N–H and O–H groups in total. The summed E-state index contributed by atoms with van der Waals surface area (Å²) in [5.74, 6) is -0.163. The molecule has 0 bridgehead atoms. The molecule has 3 aromatic rings. The highest BCUT2D eigenvalue weighted by molar-refractivity contribution is 6.12. The molecule has 6 nitrogen and oxygen atoms in total. The Bertz CT molecular complexity index is 1030. The van der Waals surface area contributed by atoms with Gasteiger partial charge in [0.25, 0.3) is 5.91 Å². The summed E-state index contributed by atoms with van der Waals surface area (Å²) in [6.07, 6.45) is 2.96. The van der Waals surface area contributed by atoms with Crippen molar-refractivity contribution in [1.29, 1.82) is 0 Å². The van der Waals surface area contributed by atoms with Crippen molar-refractivity contribution in [1.82, 2.24) is 9.80 Å². The molecule has 2 aromatic carbocycles. The average Bonchev–Trinajstić information content (AvgIpc) is 3.24. The van der Waals surface area contributed by atoms with Crippen LogP contribution in [0.2, 0.25) is 0 Å². The number of fused-ring (bicyclic) bond motifs is 1. The van der Waals surface area contributed by atoms with Gasteiger partial charge in [-0.05, 0) is 42.0 Å². The molecule has 1 aliphatic rings. The van der Waals surface area contributed by atoms with Crippen molar-refractivity contribution in [2.45, 2.75) is 6.54 Å². The number of nitrogens with one attached hydrogen (secondary N) is 1. The second kappa shape index (κ2) is 8.32. The van der Waals surface area contributed by atoms with E-state index in [0.29, 0.717) is 11.1 Å². The summed E-state index contributed by atoms with van der Waals surface area (Å²) in [5, 5.41) is 3.75. The van der Waals surface area contributed by atoms with Gasteiger partial charge in [0, 0.05) is 43.8 Å². The van der Waals surface area contributed by atoms with Gasteiger partial charge in [0.15, 0.2) is 0 Å². The maximum Gasteiger partial charge on any atom is 0.256 e. The Hall–Kier alpha value is -3.38. The maximum atomic E-state index is 12.6. The molecule has 2 amide bonds. The summed E-state index contributed by atoms with van der Waals surface area (Å²) < 4.78 is 5.36. The van der Waals surface area contributed by atoms with E-state index in [0.717, 1.165) is 43.8 Å². The van der Waals surface area contributed by atoms with Crippen LogP contribution in [0.4, 0.5) is 5.69 Å². The molecule has 0 atom stereocenters. The Labute approximate surface area is 169 Å². The first-order valence-corrected chi connectivity index (χ1v) is 9.64. The molecular weight excluding hydrogens is 366 g/mol. The molecule has 4 rings (SSSR count). The summed E-state index contributed by atoms with van der Waals surface area (Å²) in [5.41, 5.74) is 3.21. The third kappa shape index (κ3) is 4.22. The Morgan fingerprint density at radius 2 is 1.79 bits per heavy atom. The van der Waals surface area contributed by atoms with Crippen LogP contribution in [0, 0.1) is 0 Å². The van der Waals surface area contributed by atoms with Crippen LogP contribution < -0.4 is 5.32 Å². The number of furan rings is 1. The van der Waals surface area contributed by atoms with Crippen LogP contribution >= 0.6 is 0 Å². The average molecular weight is 389 g/mol. The van der Waals surface area contributed by atoms with Crippen molar-refractivity contribution in [2.75, 3.05) is 31.5 Å². The minimum atomic E-state index is -0.159. The van der Waals surface area contributed by atoms with Crippen LogP contribution in [0.15, 0.2) is 71.9 Å². The van der Waals surface area contributed by atoms with Crippen molar-refractivity contribution in [3.05, 3.63) is 78.6 Å². The predicted octanol–water partition coefficient (Wildman–Crippen LogP) is 3.52. The number of hydrogen-bond donors (Lipinski definition) is 1. The molecule has 29 heavy (non-hydrogen) atoms. The van der Waals surface area contributed by atoms with Crippen molar-refractivity contribution in [2.24, 2.45) is 0 Å². The quantitative estimate of drug-likeness (QED) is 0.678. The highest BCUT2D eigenvalue weighted by Gasteiger charge is 2.19. The van der Waals surface area contributed by atoms with Crippen molar-refractivity contribution < 1.29 is 14.0 Å². The smallest absolute Gasteiger partial charge is 0.256 e. The molecular formula is C23H23N3O3. The molecule has 6 heteroatoms. The summed E-state index contributed by atoms with van der Waals surface area (Å²) >= 11 is 0. The lowest BCUT2D eigenvalue weighted by Crippen LogP contribution is -2.47. The van der Waals surface area contributed by atoms with E-state index in [1.807, 2.05) is 41.3 Å². The van der Waals surface area contributed by atoms with Gasteiger partial charge in [0.2, 0.25) is 5.91 Å². The standard InChI is InChI=1S/C23H23N3O3/c1-2-22(27)26-13-11-25(12-14-26)16-17-6-8-18(9-7-17)24-23(28)20-4-3-5-21-19(20)10-15-29-21/h2-10,15H,1,11-14,16H2,(H,24,28). The summed E-state index contributed by atoms with van der Waals surface area (Å²) in [4.78, 5) is 28.4. The minimum absolute atomic E-state index is 0.00384. The third-order valence-electron chi connectivity index (χ3n) is 5.22. The zero-order valence-corrected chi connectivity index (χ0v) is 16.1. The maximum absolute atomic E-state index is 12.6. The fraction of sp³-hybridized carbons (Fsp3) is 0.217. The van der Waals surface area contributed by atoms with Gasteiger partial charge in [0.1, 0.15) is 5.58 Å². The molecule has 0 saturated carbocycles. The molecule has 1 aromatic heterocycles. The van der Waals surface area contributed by atoms with Crippen LogP contribution in [0.25, 0.3) is 11.0 Å². The first kappa shape index (κ1) is 19.0. The number of carbonyl (C=O) groups is 2. The number of nitrogens with zero attached hydrogens (tertiary/aromatic N) is 2. The van der Waals surface area contributed by atoms with E-state index in [9.17, 15) is 9.59 Å².